The lowest BCUT2D eigenvalue weighted by Crippen LogP contribution is -2.38. The number of ether oxygens (including phenoxy) is 1. The summed E-state index contributed by atoms with van der Waals surface area (Å²) in [7, 11) is -7.01. The van der Waals surface area contributed by atoms with Crippen LogP contribution >= 0.6 is 0 Å². The molecule has 2 N–H and O–H groups in total. The van der Waals surface area contributed by atoms with Crippen molar-refractivity contribution < 1.29 is 21.6 Å². The van der Waals surface area contributed by atoms with Gasteiger partial charge >= 0.3 is 0 Å². The van der Waals surface area contributed by atoms with E-state index in [0.29, 0.717) is 34.8 Å². The van der Waals surface area contributed by atoms with E-state index < -0.39 is 20.0 Å². The van der Waals surface area contributed by atoms with Crippen LogP contribution in [0.2, 0.25) is 0 Å². The Morgan fingerprint density at radius 1 is 0.605 bits per heavy atom. The smallest absolute Gasteiger partial charge is 0.241 e. The summed E-state index contributed by atoms with van der Waals surface area (Å²) >= 11 is 0. The Balaban J connectivity index is 0.000000199. The van der Waals surface area contributed by atoms with Crippen molar-refractivity contribution >= 4 is 41.6 Å². The molecule has 1 aliphatic heterocycles. The first-order valence-electron chi connectivity index (χ1n) is 15.0. The number of sulfonamides is 2. The standard InChI is InChI=1S/C18H23NO3S.C16H21NO2S/c1-13(2)15-7-8-18(17-6-4-3-5-16(15)17)23(20,21)19-14-9-11-22-12-10-14;1-11(2)13-9-10-16(20(18,19)17-12(3)4)15-8-6-5-7-14(13)15/h3-8,13-14,19H,9-12H2,1-2H3;5-12,17H,1-4H3. The van der Waals surface area contributed by atoms with Gasteiger partial charge in [0.25, 0.3) is 0 Å². The lowest BCUT2D eigenvalue weighted by Gasteiger charge is -2.23. The van der Waals surface area contributed by atoms with Crippen LogP contribution in [0.4, 0.5) is 0 Å². The molecule has 4 aromatic carbocycles. The molecule has 1 heterocycles. The molecule has 1 aliphatic rings. The van der Waals surface area contributed by atoms with E-state index in [1.165, 1.54) is 11.1 Å². The SMILES string of the molecule is CC(C)NS(=O)(=O)c1ccc(C(C)C)c2ccccc12.CC(C)c1ccc(S(=O)(=O)NC2CCOCC2)c2ccccc12. The maximum absolute atomic E-state index is 12.8. The average Bonchev–Trinajstić information content (AvgIpc) is 2.95. The molecule has 0 aliphatic carbocycles. The van der Waals surface area contributed by atoms with Gasteiger partial charge in [-0.1, -0.05) is 88.4 Å². The van der Waals surface area contributed by atoms with E-state index in [1.54, 1.807) is 12.1 Å². The molecule has 1 saturated heterocycles. The first-order valence-corrected chi connectivity index (χ1v) is 17.9. The predicted molar refractivity (Wildman–Crippen MR) is 176 cm³/mol. The molecule has 5 rings (SSSR count). The van der Waals surface area contributed by atoms with Gasteiger partial charge in [-0.05, 0) is 72.6 Å². The minimum absolute atomic E-state index is 0.0442. The van der Waals surface area contributed by atoms with Gasteiger partial charge in [0.05, 0.1) is 9.79 Å². The fourth-order valence-corrected chi connectivity index (χ4v) is 8.52. The van der Waals surface area contributed by atoms with Gasteiger partial charge in [0.1, 0.15) is 0 Å². The van der Waals surface area contributed by atoms with Crippen LogP contribution in [0.15, 0.2) is 82.6 Å². The molecule has 0 bridgehead atoms. The molecule has 0 aromatic heterocycles. The quantitative estimate of drug-likeness (QED) is 0.218. The molecule has 0 radical (unpaired) electrons. The molecule has 0 unspecified atom stereocenters. The number of fused-ring (bicyclic) bond motifs is 2. The minimum atomic E-state index is -3.53. The molecule has 232 valence electrons. The number of rotatable bonds is 8. The number of benzene rings is 4. The van der Waals surface area contributed by atoms with E-state index in [2.05, 4.69) is 37.1 Å². The van der Waals surface area contributed by atoms with Gasteiger partial charge in [-0.2, -0.15) is 0 Å². The maximum Gasteiger partial charge on any atom is 0.241 e. The van der Waals surface area contributed by atoms with Crippen LogP contribution in [0.25, 0.3) is 21.5 Å². The van der Waals surface area contributed by atoms with Crippen LogP contribution < -0.4 is 9.44 Å². The third-order valence-corrected chi connectivity index (χ3v) is 10.9. The topological polar surface area (TPSA) is 102 Å². The van der Waals surface area contributed by atoms with Crippen molar-refractivity contribution in [3.05, 3.63) is 83.9 Å². The second kappa shape index (κ2) is 13.9. The Labute approximate surface area is 257 Å². The Morgan fingerprint density at radius 2 is 1.02 bits per heavy atom. The van der Waals surface area contributed by atoms with E-state index in [4.69, 9.17) is 4.74 Å². The van der Waals surface area contributed by atoms with Crippen molar-refractivity contribution in [3.63, 3.8) is 0 Å². The number of hydrogen-bond acceptors (Lipinski definition) is 5. The van der Waals surface area contributed by atoms with Crippen molar-refractivity contribution in [2.45, 2.75) is 88.1 Å². The Kier molecular flexibility index (Phi) is 10.7. The lowest BCUT2D eigenvalue weighted by molar-refractivity contribution is 0.0832. The van der Waals surface area contributed by atoms with Gasteiger partial charge in [0.2, 0.25) is 20.0 Å². The van der Waals surface area contributed by atoms with E-state index in [-0.39, 0.29) is 12.1 Å². The summed E-state index contributed by atoms with van der Waals surface area (Å²) in [6, 6.07) is 22.5. The fourth-order valence-electron chi connectivity index (χ4n) is 5.54. The Morgan fingerprint density at radius 3 is 1.44 bits per heavy atom. The van der Waals surface area contributed by atoms with Crippen molar-refractivity contribution in [1.29, 1.82) is 0 Å². The predicted octanol–water partition coefficient (Wildman–Crippen LogP) is 7.07. The highest BCUT2D eigenvalue weighted by Gasteiger charge is 2.24. The minimum Gasteiger partial charge on any atom is -0.381 e. The van der Waals surface area contributed by atoms with Crippen LogP contribution in [-0.2, 0) is 24.8 Å². The van der Waals surface area contributed by atoms with Crippen LogP contribution in [0.1, 0.15) is 77.3 Å². The molecule has 0 saturated carbocycles. The maximum atomic E-state index is 12.8. The highest BCUT2D eigenvalue weighted by Crippen LogP contribution is 2.32. The summed E-state index contributed by atoms with van der Waals surface area (Å²) in [4.78, 5) is 0.718. The highest BCUT2D eigenvalue weighted by atomic mass is 32.2. The third kappa shape index (κ3) is 7.83. The van der Waals surface area contributed by atoms with Gasteiger partial charge in [0, 0.05) is 36.1 Å². The van der Waals surface area contributed by atoms with E-state index in [9.17, 15) is 16.8 Å². The molecule has 0 atom stereocenters. The molecule has 4 aromatic rings. The number of nitrogens with one attached hydrogen (secondary N) is 2. The zero-order valence-corrected chi connectivity index (χ0v) is 27.6. The summed E-state index contributed by atoms with van der Waals surface area (Å²) in [6.45, 7) is 13.3. The lowest BCUT2D eigenvalue weighted by atomic mass is 9.96. The first-order chi connectivity index (χ1) is 20.3. The number of hydrogen-bond donors (Lipinski definition) is 2. The summed E-state index contributed by atoms with van der Waals surface area (Å²) in [5.74, 6) is 0.704. The van der Waals surface area contributed by atoms with E-state index >= 15 is 0 Å². The molecular weight excluding hydrogens is 581 g/mol. The summed E-state index contributed by atoms with van der Waals surface area (Å²) in [5, 5.41) is 3.59. The summed E-state index contributed by atoms with van der Waals surface area (Å²) < 4.78 is 61.3. The van der Waals surface area contributed by atoms with E-state index in [0.717, 1.165) is 34.4 Å². The Bertz CT molecular complexity index is 1780. The largest absolute Gasteiger partial charge is 0.381 e. The van der Waals surface area contributed by atoms with Crippen LogP contribution in [-0.4, -0.2) is 42.1 Å². The molecule has 0 spiro atoms. The zero-order chi connectivity index (χ0) is 31.4. The van der Waals surface area contributed by atoms with Gasteiger partial charge in [-0.25, -0.2) is 26.3 Å². The van der Waals surface area contributed by atoms with Crippen molar-refractivity contribution in [1.82, 2.24) is 9.44 Å². The van der Waals surface area contributed by atoms with Crippen LogP contribution in [0, 0.1) is 0 Å². The third-order valence-electron chi connectivity index (χ3n) is 7.59. The molecular formula is C34H44N2O5S2. The summed E-state index contributed by atoms with van der Waals surface area (Å²) in [5.41, 5.74) is 2.34. The van der Waals surface area contributed by atoms with Crippen molar-refractivity contribution in [2.24, 2.45) is 0 Å². The Hall–Kier alpha value is -2.82. The highest BCUT2D eigenvalue weighted by molar-refractivity contribution is 7.90. The molecule has 9 heteroatoms. The van der Waals surface area contributed by atoms with Gasteiger partial charge in [-0.15, -0.1) is 0 Å². The van der Waals surface area contributed by atoms with Gasteiger partial charge < -0.3 is 4.74 Å². The first kappa shape index (κ1) is 33.1. The normalized spacial score (nSPS) is 14.9. The van der Waals surface area contributed by atoms with E-state index in [1.807, 2.05) is 74.5 Å². The molecule has 1 fully saturated rings. The zero-order valence-electron chi connectivity index (χ0n) is 25.9. The van der Waals surface area contributed by atoms with Crippen molar-refractivity contribution in [3.8, 4) is 0 Å². The van der Waals surface area contributed by atoms with Gasteiger partial charge in [-0.3, -0.25) is 0 Å². The second-order valence-corrected chi connectivity index (χ2v) is 15.4. The molecule has 0 amide bonds. The molecule has 43 heavy (non-hydrogen) atoms. The van der Waals surface area contributed by atoms with Crippen LogP contribution in [0.3, 0.4) is 0 Å². The van der Waals surface area contributed by atoms with Gasteiger partial charge in [0.15, 0.2) is 0 Å². The summed E-state index contributed by atoms with van der Waals surface area (Å²) in [6.07, 6.45) is 1.45. The average molecular weight is 625 g/mol. The fraction of sp³-hybridized carbons (Fsp3) is 0.412. The molecule has 7 nitrogen and oxygen atoms in total. The second-order valence-electron chi connectivity index (χ2n) is 12.0. The van der Waals surface area contributed by atoms with Crippen molar-refractivity contribution in [2.75, 3.05) is 13.2 Å². The monoisotopic (exact) mass is 624 g/mol. The van der Waals surface area contributed by atoms with Crippen LogP contribution in [0.5, 0.6) is 0 Å².